The minimum absolute atomic E-state index is 0.0165. The standard InChI is InChI=1S/C33H42Cl2N2O4/c1-6-13-36-14-12-33(25-8-7-9-27(17-25)41-23(4)38)19-26(18-31(40-5)28(33)21-36)37(20-22(2)3)32(39)16-24-10-11-29(34)30(35)15-24/h6-11,15,17,22,26,28,31H,1,12-14,16,18-21H2,2-5H3/t26-,28+,31?,33+/m1/s1. The molecule has 0 N–H and O–H groups in total. The van der Waals surface area contributed by atoms with Crippen molar-refractivity contribution < 1.29 is 19.1 Å². The van der Waals surface area contributed by atoms with Crippen molar-refractivity contribution in [2.24, 2.45) is 11.8 Å². The van der Waals surface area contributed by atoms with Crippen LogP contribution < -0.4 is 4.74 Å². The van der Waals surface area contributed by atoms with Crippen LogP contribution in [0, 0.1) is 11.8 Å². The van der Waals surface area contributed by atoms with Crippen LogP contribution in [0.15, 0.2) is 55.1 Å². The topological polar surface area (TPSA) is 59.1 Å². The fourth-order valence-corrected chi connectivity index (χ4v) is 7.20. The van der Waals surface area contributed by atoms with Gasteiger partial charge in [0.15, 0.2) is 0 Å². The maximum absolute atomic E-state index is 14.0. The summed E-state index contributed by atoms with van der Waals surface area (Å²) in [6, 6.07) is 13.3. The van der Waals surface area contributed by atoms with Crippen LogP contribution >= 0.6 is 23.2 Å². The molecule has 222 valence electrons. The number of benzene rings is 2. The third-order valence-electron chi connectivity index (χ3n) is 8.61. The van der Waals surface area contributed by atoms with E-state index in [1.165, 1.54) is 6.92 Å². The van der Waals surface area contributed by atoms with Gasteiger partial charge in [-0.3, -0.25) is 14.5 Å². The summed E-state index contributed by atoms with van der Waals surface area (Å²) in [6.07, 6.45) is 4.63. The minimum atomic E-state index is -0.343. The summed E-state index contributed by atoms with van der Waals surface area (Å²) in [4.78, 5) is 30.3. The summed E-state index contributed by atoms with van der Waals surface area (Å²) in [5.41, 5.74) is 1.72. The molecule has 1 saturated carbocycles. The molecule has 1 aliphatic carbocycles. The number of esters is 1. The molecule has 1 unspecified atom stereocenters. The van der Waals surface area contributed by atoms with E-state index in [4.69, 9.17) is 32.7 Å². The molecule has 2 aromatic rings. The summed E-state index contributed by atoms with van der Waals surface area (Å²) in [5.74, 6) is 0.773. The Balaban J connectivity index is 1.73. The second kappa shape index (κ2) is 13.7. The molecule has 1 aliphatic heterocycles. The highest BCUT2D eigenvalue weighted by Crippen LogP contribution is 2.51. The zero-order valence-electron chi connectivity index (χ0n) is 24.6. The lowest BCUT2D eigenvalue weighted by Crippen LogP contribution is -2.62. The van der Waals surface area contributed by atoms with Gasteiger partial charge in [0.05, 0.1) is 22.6 Å². The van der Waals surface area contributed by atoms with Gasteiger partial charge >= 0.3 is 5.97 Å². The van der Waals surface area contributed by atoms with Crippen LogP contribution in [0.3, 0.4) is 0 Å². The number of nitrogens with zero attached hydrogens (tertiary/aromatic N) is 2. The van der Waals surface area contributed by atoms with E-state index in [9.17, 15) is 9.59 Å². The van der Waals surface area contributed by atoms with Gasteiger partial charge in [0, 0.05) is 51.0 Å². The maximum atomic E-state index is 14.0. The molecular weight excluding hydrogens is 559 g/mol. The summed E-state index contributed by atoms with van der Waals surface area (Å²) in [5, 5.41) is 0.925. The zero-order chi connectivity index (χ0) is 29.7. The largest absolute Gasteiger partial charge is 0.427 e. The van der Waals surface area contributed by atoms with Crippen molar-refractivity contribution in [2.75, 3.05) is 33.3 Å². The molecule has 8 heteroatoms. The van der Waals surface area contributed by atoms with Crippen LogP contribution in [-0.2, 0) is 26.2 Å². The molecule has 4 rings (SSSR count). The van der Waals surface area contributed by atoms with E-state index < -0.39 is 0 Å². The van der Waals surface area contributed by atoms with E-state index in [1.54, 1.807) is 19.2 Å². The van der Waals surface area contributed by atoms with Crippen LogP contribution in [0.5, 0.6) is 5.75 Å². The number of methoxy groups -OCH3 is 1. The number of rotatable bonds is 10. The number of carbonyl (C=O) groups excluding carboxylic acids is 2. The monoisotopic (exact) mass is 600 g/mol. The SMILES string of the molecule is C=CCN1CC[C@@]2(c3cccc(OC(C)=O)c3)C[C@H](N(CC(C)C)C(=O)Cc3ccc(Cl)c(Cl)c3)CC(OC)[C@@H]2C1. The van der Waals surface area contributed by atoms with E-state index in [2.05, 4.69) is 36.3 Å². The van der Waals surface area contributed by atoms with Gasteiger partial charge in [0.2, 0.25) is 5.91 Å². The van der Waals surface area contributed by atoms with Gasteiger partial charge in [-0.1, -0.05) is 61.3 Å². The molecular formula is C33H42Cl2N2O4. The van der Waals surface area contributed by atoms with E-state index >= 15 is 0 Å². The smallest absolute Gasteiger partial charge is 0.308 e. The maximum Gasteiger partial charge on any atom is 0.308 e. The van der Waals surface area contributed by atoms with Crippen LogP contribution in [0.25, 0.3) is 0 Å². The molecule has 41 heavy (non-hydrogen) atoms. The summed E-state index contributed by atoms with van der Waals surface area (Å²) >= 11 is 12.4. The molecule has 1 saturated heterocycles. The number of hydrogen-bond acceptors (Lipinski definition) is 5. The van der Waals surface area contributed by atoms with Crippen LogP contribution in [-0.4, -0.2) is 67.1 Å². The molecule has 2 aromatic carbocycles. The Hall–Kier alpha value is -2.38. The number of piperidine rings is 1. The quantitative estimate of drug-likeness (QED) is 0.175. The number of hydrogen-bond donors (Lipinski definition) is 0. The summed E-state index contributed by atoms with van der Waals surface area (Å²) < 4.78 is 11.7. The number of ether oxygens (including phenoxy) is 2. The third-order valence-corrected chi connectivity index (χ3v) is 9.35. The Bertz CT molecular complexity index is 1250. The average Bonchev–Trinajstić information content (AvgIpc) is 2.93. The fraction of sp³-hybridized carbons (Fsp3) is 0.515. The molecule has 4 atom stereocenters. The number of likely N-dealkylation sites (tertiary alicyclic amines) is 1. The van der Waals surface area contributed by atoms with Crippen molar-refractivity contribution in [3.63, 3.8) is 0 Å². The van der Waals surface area contributed by atoms with Crippen molar-refractivity contribution in [1.29, 1.82) is 0 Å². The first kappa shape index (κ1) is 31.6. The summed E-state index contributed by atoms with van der Waals surface area (Å²) in [6.45, 7) is 12.9. The number of fused-ring (bicyclic) bond motifs is 1. The predicted molar refractivity (Wildman–Crippen MR) is 165 cm³/mol. The lowest BCUT2D eigenvalue weighted by Gasteiger charge is -2.57. The van der Waals surface area contributed by atoms with E-state index in [-0.39, 0.29) is 41.8 Å². The molecule has 2 fully saturated rings. The first-order valence-electron chi connectivity index (χ1n) is 14.4. The van der Waals surface area contributed by atoms with Crippen molar-refractivity contribution in [2.45, 2.75) is 64.0 Å². The Labute approximate surface area is 254 Å². The number of carbonyl (C=O) groups is 2. The van der Waals surface area contributed by atoms with Gasteiger partial charge in [0.25, 0.3) is 0 Å². The highest BCUT2D eigenvalue weighted by molar-refractivity contribution is 6.42. The van der Waals surface area contributed by atoms with E-state index in [1.807, 2.05) is 30.3 Å². The zero-order valence-corrected chi connectivity index (χ0v) is 26.1. The van der Waals surface area contributed by atoms with Gasteiger partial charge in [-0.05, 0) is 67.1 Å². The highest BCUT2D eigenvalue weighted by atomic mass is 35.5. The number of amides is 1. The van der Waals surface area contributed by atoms with Crippen LogP contribution in [0.4, 0.5) is 0 Å². The van der Waals surface area contributed by atoms with Crippen molar-refractivity contribution in [1.82, 2.24) is 9.80 Å². The molecule has 2 aliphatic rings. The average molecular weight is 602 g/mol. The molecule has 0 aromatic heterocycles. The molecule has 0 bridgehead atoms. The Morgan fingerprint density at radius 2 is 1.98 bits per heavy atom. The minimum Gasteiger partial charge on any atom is -0.427 e. The van der Waals surface area contributed by atoms with E-state index in [0.717, 1.165) is 50.0 Å². The number of halogens is 2. The second-order valence-electron chi connectivity index (χ2n) is 11.9. The lowest BCUT2D eigenvalue weighted by atomic mass is 9.56. The third kappa shape index (κ3) is 7.34. The van der Waals surface area contributed by atoms with Crippen molar-refractivity contribution in [3.8, 4) is 5.75 Å². The van der Waals surface area contributed by atoms with Crippen molar-refractivity contribution in [3.05, 3.63) is 76.3 Å². The molecule has 1 heterocycles. The lowest BCUT2D eigenvalue weighted by molar-refractivity contribution is -0.140. The van der Waals surface area contributed by atoms with Gasteiger partial charge < -0.3 is 14.4 Å². The Morgan fingerprint density at radius 3 is 2.63 bits per heavy atom. The van der Waals surface area contributed by atoms with Crippen molar-refractivity contribution >= 4 is 35.1 Å². The molecule has 6 nitrogen and oxygen atoms in total. The Morgan fingerprint density at radius 1 is 1.20 bits per heavy atom. The van der Waals surface area contributed by atoms with Crippen LogP contribution in [0.1, 0.15) is 51.2 Å². The first-order valence-corrected chi connectivity index (χ1v) is 15.2. The van der Waals surface area contributed by atoms with Gasteiger partial charge in [0.1, 0.15) is 5.75 Å². The summed E-state index contributed by atoms with van der Waals surface area (Å²) in [7, 11) is 1.78. The molecule has 1 amide bonds. The fourth-order valence-electron chi connectivity index (χ4n) is 6.88. The van der Waals surface area contributed by atoms with Gasteiger partial charge in [-0.25, -0.2) is 0 Å². The second-order valence-corrected chi connectivity index (χ2v) is 12.7. The van der Waals surface area contributed by atoms with E-state index in [0.29, 0.717) is 28.3 Å². The Kier molecular flexibility index (Phi) is 10.6. The van der Waals surface area contributed by atoms with Crippen LogP contribution in [0.2, 0.25) is 10.0 Å². The highest BCUT2D eigenvalue weighted by Gasteiger charge is 2.53. The normalized spacial score (nSPS) is 24.5. The molecule has 0 spiro atoms. The first-order chi connectivity index (χ1) is 19.6. The van der Waals surface area contributed by atoms with Gasteiger partial charge in [-0.15, -0.1) is 6.58 Å². The predicted octanol–water partition coefficient (Wildman–Crippen LogP) is 6.57. The van der Waals surface area contributed by atoms with Gasteiger partial charge in [-0.2, -0.15) is 0 Å². The molecule has 0 radical (unpaired) electrons.